The summed E-state index contributed by atoms with van der Waals surface area (Å²) in [6.45, 7) is 2.31. The Morgan fingerprint density at radius 1 is 1.33 bits per heavy atom. The van der Waals surface area contributed by atoms with Crippen LogP contribution in [0.5, 0.6) is 0 Å². The molecule has 0 unspecified atom stereocenters. The number of nitrogens with one attached hydrogen (secondary N) is 3. The van der Waals surface area contributed by atoms with Gasteiger partial charge in [0.25, 0.3) is 5.91 Å². The standard InChI is InChI=1S/C14H18N4O3/c1-2-3-8-15-12(19)9-21-14(20)18-13-16-10-6-4-5-7-11(10)17-13/h4-7H,2-3,8-9H2,1H3,(H,15,19)(H2,16,17,18,20). The lowest BCUT2D eigenvalue weighted by atomic mass is 10.3. The van der Waals surface area contributed by atoms with Gasteiger partial charge in [0.2, 0.25) is 5.95 Å². The third-order valence-electron chi connectivity index (χ3n) is 2.80. The van der Waals surface area contributed by atoms with Gasteiger partial charge in [0.05, 0.1) is 11.0 Å². The lowest BCUT2D eigenvalue weighted by Crippen LogP contribution is -2.30. The summed E-state index contributed by atoms with van der Waals surface area (Å²) in [6.07, 6.45) is 1.17. The van der Waals surface area contributed by atoms with E-state index in [0.29, 0.717) is 6.54 Å². The Hall–Kier alpha value is -2.57. The van der Waals surface area contributed by atoms with Crippen LogP contribution in [0.1, 0.15) is 19.8 Å². The van der Waals surface area contributed by atoms with Crippen LogP contribution in [0.2, 0.25) is 0 Å². The number of rotatable bonds is 6. The number of benzene rings is 1. The molecule has 1 aromatic carbocycles. The third kappa shape index (κ3) is 4.48. The number of aromatic amines is 1. The van der Waals surface area contributed by atoms with E-state index < -0.39 is 6.09 Å². The van der Waals surface area contributed by atoms with E-state index in [4.69, 9.17) is 4.74 Å². The highest BCUT2D eigenvalue weighted by Crippen LogP contribution is 2.13. The second kappa shape index (κ2) is 7.28. The van der Waals surface area contributed by atoms with Gasteiger partial charge in [0.1, 0.15) is 0 Å². The molecule has 0 saturated heterocycles. The first-order valence-corrected chi connectivity index (χ1v) is 6.84. The summed E-state index contributed by atoms with van der Waals surface area (Å²) in [5, 5.41) is 5.10. The van der Waals surface area contributed by atoms with Gasteiger partial charge in [-0.15, -0.1) is 0 Å². The van der Waals surface area contributed by atoms with Crippen LogP contribution >= 0.6 is 0 Å². The summed E-state index contributed by atoms with van der Waals surface area (Å²) in [4.78, 5) is 30.0. The van der Waals surface area contributed by atoms with E-state index in [-0.39, 0.29) is 18.5 Å². The molecule has 1 aromatic heterocycles. The Kier molecular flexibility index (Phi) is 5.14. The smallest absolute Gasteiger partial charge is 0.414 e. The van der Waals surface area contributed by atoms with Crippen molar-refractivity contribution in [3.8, 4) is 0 Å². The van der Waals surface area contributed by atoms with Gasteiger partial charge in [-0.1, -0.05) is 25.5 Å². The number of amides is 2. The van der Waals surface area contributed by atoms with Crippen LogP contribution in [0.4, 0.5) is 10.7 Å². The zero-order chi connectivity index (χ0) is 15.1. The molecule has 1 heterocycles. The van der Waals surface area contributed by atoms with Gasteiger partial charge in [0, 0.05) is 6.54 Å². The van der Waals surface area contributed by atoms with Crippen molar-refractivity contribution in [1.29, 1.82) is 0 Å². The highest BCUT2D eigenvalue weighted by atomic mass is 16.6. The fourth-order valence-electron chi connectivity index (χ4n) is 1.73. The zero-order valence-corrected chi connectivity index (χ0v) is 11.8. The molecular formula is C14H18N4O3. The molecule has 3 N–H and O–H groups in total. The third-order valence-corrected chi connectivity index (χ3v) is 2.80. The van der Waals surface area contributed by atoms with Crippen LogP contribution in [-0.2, 0) is 9.53 Å². The fraction of sp³-hybridized carbons (Fsp3) is 0.357. The van der Waals surface area contributed by atoms with E-state index in [1.54, 1.807) is 0 Å². The van der Waals surface area contributed by atoms with Crippen molar-refractivity contribution in [2.45, 2.75) is 19.8 Å². The number of nitrogens with zero attached hydrogens (tertiary/aromatic N) is 1. The molecule has 2 aromatic rings. The number of H-pyrrole nitrogens is 1. The van der Waals surface area contributed by atoms with Crippen LogP contribution in [0.3, 0.4) is 0 Å². The van der Waals surface area contributed by atoms with Gasteiger partial charge < -0.3 is 15.0 Å². The Bertz CT molecular complexity index is 590. The van der Waals surface area contributed by atoms with E-state index in [0.717, 1.165) is 23.9 Å². The summed E-state index contributed by atoms with van der Waals surface area (Å²) in [6, 6.07) is 7.39. The first-order valence-electron chi connectivity index (χ1n) is 6.84. The number of fused-ring (bicyclic) bond motifs is 1. The first kappa shape index (κ1) is 14.8. The number of carbonyl (C=O) groups is 2. The number of imidazole rings is 1. The molecule has 0 fully saturated rings. The highest BCUT2D eigenvalue weighted by molar-refractivity contribution is 5.88. The van der Waals surface area contributed by atoms with Crippen molar-refractivity contribution in [3.05, 3.63) is 24.3 Å². The number of hydrogen-bond acceptors (Lipinski definition) is 4. The molecule has 7 heteroatoms. The van der Waals surface area contributed by atoms with E-state index in [2.05, 4.69) is 20.6 Å². The lowest BCUT2D eigenvalue weighted by Gasteiger charge is -2.05. The summed E-state index contributed by atoms with van der Waals surface area (Å²) < 4.78 is 4.81. The molecule has 21 heavy (non-hydrogen) atoms. The van der Waals surface area contributed by atoms with Gasteiger partial charge in [-0.2, -0.15) is 0 Å². The predicted octanol–water partition coefficient (Wildman–Crippen LogP) is 2.03. The molecule has 0 aliphatic carbocycles. The van der Waals surface area contributed by atoms with Crippen LogP contribution in [0, 0.1) is 0 Å². The molecule has 0 spiro atoms. The van der Waals surface area contributed by atoms with Crippen LogP contribution < -0.4 is 10.6 Å². The second-order valence-electron chi connectivity index (χ2n) is 4.51. The molecule has 0 bridgehead atoms. The average molecular weight is 290 g/mol. The van der Waals surface area contributed by atoms with Gasteiger partial charge in [-0.05, 0) is 18.6 Å². The molecule has 0 radical (unpaired) electrons. The molecule has 2 amide bonds. The quantitative estimate of drug-likeness (QED) is 0.709. The van der Waals surface area contributed by atoms with Crippen molar-refractivity contribution in [2.75, 3.05) is 18.5 Å². The molecule has 0 atom stereocenters. The van der Waals surface area contributed by atoms with Crippen LogP contribution in [0.25, 0.3) is 11.0 Å². The van der Waals surface area contributed by atoms with Crippen molar-refractivity contribution in [1.82, 2.24) is 15.3 Å². The summed E-state index contributed by atoms with van der Waals surface area (Å²) in [5.74, 6) is -0.0317. The largest absolute Gasteiger partial charge is 0.439 e. The van der Waals surface area contributed by atoms with Crippen LogP contribution in [-0.4, -0.2) is 35.1 Å². The summed E-state index contributed by atoms with van der Waals surface area (Å²) >= 11 is 0. The van der Waals surface area contributed by atoms with E-state index >= 15 is 0 Å². The Balaban J connectivity index is 1.77. The maximum Gasteiger partial charge on any atom is 0.414 e. The number of para-hydroxylation sites is 2. The minimum atomic E-state index is -0.723. The Morgan fingerprint density at radius 2 is 2.14 bits per heavy atom. The SMILES string of the molecule is CCCCNC(=O)COC(=O)Nc1nc2ccccc2[nH]1. The molecule has 0 saturated carbocycles. The van der Waals surface area contributed by atoms with E-state index in [9.17, 15) is 9.59 Å². The average Bonchev–Trinajstić information content (AvgIpc) is 2.87. The molecule has 112 valence electrons. The van der Waals surface area contributed by atoms with Crippen molar-refractivity contribution in [3.63, 3.8) is 0 Å². The van der Waals surface area contributed by atoms with Gasteiger partial charge >= 0.3 is 6.09 Å². The van der Waals surface area contributed by atoms with E-state index in [1.165, 1.54) is 0 Å². The molecule has 7 nitrogen and oxygen atoms in total. The summed E-state index contributed by atoms with van der Waals surface area (Å²) in [5.41, 5.74) is 1.55. The van der Waals surface area contributed by atoms with Crippen molar-refractivity contribution >= 4 is 29.0 Å². The topological polar surface area (TPSA) is 96.1 Å². The molecule has 0 aliphatic rings. The van der Waals surface area contributed by atoms with Gasteiger partial charge in [-0.25, -0.2) is 9.78 Å². The van der Waals surface area contributed by atoms with Gasteiger partial charge in [0.15, 0.2) is 6.61 Å². The number of unbranched alkanes of at least 4 members (excludes halogenated alkanes) is 1. The maximum atomic E-state index is 11.6. The lowest BCUT2D eigenvalue weighted by molar-refractivity contribution is -0.123. The Labute approximate surface area is 122 Å². The monoisotopic (exact) mass is 290 g/mol. The maximum absolute atomic E-state index is 11.6. The fourth-order valence-corrected chi connectivity index (χ4v) is 1.73. The van der Waals surface area contributed by atoms with Crippen molar-refractivity contribution in [2.24, 2.45) is 0 Å². The summed E-state index contributed by atoms with van der Waals surface area (Å²) in [7, 11) is 0. The molecule has 2 rings (SSSR count). The highest BCUT2D eigenvalue weighted by Gasteiger charge is 2.09. The van der Waals surface area contributed by atoms with Crippen LogP contribution in [0.15, 0.2) is 24.3 Å². The number of hydrogen-bond donors (Lipinski definition) is 3. The normalized spacial score (nSPS) is 10.3. The number of ether oxygens (including phenoxy) is 1. The molecule has 0 aliphatic heterocycles. The zero-order valence-electron chi connectivity index (χ0n) is 11.8. The minimum Gasteiger partial charge on any atom is -0.439 e. The van der Waals surface area contributed by atoms with Gasteiger partial charge in [-0.3, -0.25) is 10.1 Å². The Morgan fingerprint density at radius 3 is 2.90 bits per heavy atom. The number of carbonyl (C=O) groups excluding carboxylic acids is 2. The van der Waals surface area contributed by atoms with Crippen molar-refractivity contribution < 1.29 is 14.3 Å². The minimum absolute atomic E-state index is 0.285. The van der Waals surface area contributed by atoms with E-state index in [1.807, 2.05) is 31.2 Å². The first-order chi connectivity index (χ1) is 10.2. The predicted molar refractivity (Wildman–Crippen MR) is 79.0 cm³/mol. The molecular weight excluding hydrogens is 272 g/mol. The second-order valence-corrected chi connectivity index (χ2v) is 4.51. The number of aromatic nitrogens is 2. The number of anilines is 1.